The van der Waals surface area contributed by atoms with Crippen LogP contribution in [0.1, 0.15) is 6.92 Å². The highest BCUT2D eigenvalue weighted by molar-refractivity contribution is 8.76. The number of hydrogen-bond acceptors (Lipinski definition) is 7. The maximum Gasteiger partial charge on any atom is 0.271 e. The first-order valence-electron chi connectivity index (χ1n) is 5.59. The molecule has 0 saturated carbocycles. The molecule has 0 N–H and O–H groups in total. The Balaban J connectivity index is 1.49. The van der Waals surface area contributed by atoms with Crippen molar-refractivity contribution in [3.05, 3.63) is 0 Å². The summed E-state index contributed by atoms with van der Waals surface area (Å²) in [6.07, 6.45) is 0.284. The van der Waals surface area contributed by atoms with Gasteiger partial charge in [-0.25, -0.2) is 0 Å². The Labute approximate surface area is 109 Å². The van der Waals surface area contributed by atoms with Crippen molar-refractivity contribution in [2.24, 2.45) is 0 Å². The normalized spacial score (nSPS) is 37.8. The highest BCUT2D eigenvalue weighted by Gasteiger charge is 2.26. The van der Waals surface area contributed by atoms with Crippen LogP contribution in [0, 0.1) is 0 Å². The number of ether oxygens (including phenoxy) is 5. The van der Waals surface area contributed by atoms with Crippen molar-refractivity contribution in [1.82, 2.24) is 0 Å². The largest absolute Gasteiger partial charge is 0.350 e. The molecule has 2 aliphatic rings. The third-order valence-corrected chi connectivity index (χ3v) is 4.91. The summed E-state index contributed by atoms with van der Waals surface area (Å²) in [6, 6.07) is 0. The molecule has 0 amide bonds. The molecule has 0 bridgehead atoms. The molecule has 0 aromatic rings. The van der Waals surface area contributed by atoms with Gasteiger partial charge in [0.2, 0.25) is 0 Å². The molecule has 5 nitrogen and oxygen atoms in total. The number of hydrogen-bond donors (Lipinski definition) is 0. The van der Waals surface area contributed by atoms with Crippen LogP contribution in [0.4, 0.5) is 0 Å². The molecule has 0 aliphatic carbocycles. The fraction of sp³-hybridized carbons (Fsp3) is 1.00. The van der Waals surface area contributed by atoms with Crippen LogP contribution in [0.5, 0.6) is 0 Å². The molecule has 17 heavy (non-hydrogen) atoms. The predicted molar refractivity (Wildman–Crippen MR) is 66.8 cm³/mol. The Bertz CT molecular complexity index is 231. The minimum atomic E-state index is -0.488. The van der Waals surface area contributed by atoms with Crippen LogP contribution in [0.2, 0.25) is 0 Å². The fourth-order valence-electron chi connectivity index (χ4n) is 1.56. The summed E-state index contributed by atoms with van der Waals surface area (Å²) in [6.45, 7) is 2.74. The van der Waals surface area contributed by atoms with Crippen molar-refractivity contribution in [2.75, 3.05) is 31.8 Å². The van der Waals surface area contributed by atoms with E-state index in [1.54, 1.807) is 28.7 Å². The Morgan fingerprint density at radius 1 is 1.06 bits per heavy atom. The minimum Gasteiger partial charge on any atom is -0.350 e. The molecule has 4 atom stereocenters. The first kappa shape index (κ1) is 13.9. The molecule has 2 heterocycles. The van der Waals surface area contributed by atoms with E-state index < -0.39 is 6.48 Å². The van der Waals surface area contributed by atoms with Crippen molar-refractivity contribution >= 4 is 21.6 Å². The molecule has 4 unspecified atom stereocenters. The SMILES string of the molecule is COC1OCC(CSSCC2COC(C)O2)O1. The second kappa shape index (κ2) is 7.18. The summed E-state index contributed by atoms with van der Waals surface area (Å²) in [5.41, 5.74) is 0. The lowest BCUT2D eigenvalue weighted by Crippen LogP contribution is -2.16. The average Bonchev–Trinajstić information content (AvgIpc) is 2.93. The summed E-state index contributed by atoms with van der Waals surface area (Å²) < 4.78 is 26.5. The van der Waals surface area contributed by atoms with Crippen molar-refractivity contribution in [1.29, 1.82) is 0 Å². The Morgan fingerprint density at radius 3 is 2.24 bits per heavy atom. The molecule has 2 saturated heterocycles. The molecular formula is C10H18O5S2. The first-order chi connectivity index (χ1) is 8.28. The van der Waals surface area contributed by atoms with Gasteiger partial charge >= 0.3 is 0 Å². The van der Waals surface area contributed by atoms with Gasteiger partial charge in [0.05, 0.1) is 25.4 Å². The molecule has 2 aliphatic heterocycles. The van der Waals surface area contributed by atoms with Gasteiger partial charge in [0.1, 0.15) is 0 Å². The zero-order valence-electron chi connectivity index (χ0n) is 10.00. The van der Waals surface area contributed by atoms with Crippen molar-refractivity contribution < 1.29 is 23.7 Å². The van der Waals surface area contributed by atoms with Crippen LogP contribution in [0.25, 0.3) is 0 Å². The highest BCUT2D eigenvalue weighted by Crippen LogP contribution is 2.28. The van der Waals surface area contributed by atoms with E-state index in [1.807, 2.05) is 6.92 Å². The van der Waals surface area contributed by atoms with Gasteiger partial charge in [-0.15, -0.1) is 0 Å². The lowest BCUT2D eigenvalue weighted by Gasteiger charge is -2.10. The van der Waals surface area contributed by atoms with E-state index in [0.29, 0.717) is 13.2 Å². The van der Waals surface area contributed by atoms with E-state index in [2.05, 4.69) is 0 Å². The van der Waals surface area contributed by atoms with Gasteiger partial charge in [-0.05, 0) is 6.92 Å². The standard InChI is InChI=1S/C10H18O5S2/c1-7-12-3-8(14-7)5-16-17-6-9-4-13-10(11-2)15-9/h7-10H,3-6H2,1-2H3. The fourth-order valence-corrected chi connectivity index (χ4v) is 3.89. The smallest absolute Gasteiger partial charge is 0.271 e. The summed E-state index contributed by atoms with van der Waals surface area (Å²) in [5, 5.41) is 0. The average molecular weight is 282 g/mol. The van der Waals surface area contributed by atoms with Crippen molar-refractivity contribution in [3.63, 3.8) is 0 Å². The second-order valence-corrected chi connectivity index (χ2v) is 6.40. The Hall–Kier alpha value is 0.500. The molecule has 0 radical (unpaired) electrons. The molecule has 0 aromatic heterocycles. The van der Waals surface area contributed by atoms with Gasteiger partial charge in [0.25, 0.3) is 6.48 Å². The summed E-state index contributed by atoms with van der Waals surface area (Å²) in [5.74, 6) is 1.84. The van der Waals surface area contributed by atoms with E-state index in [9.17, 15) is 0 Å². The van der Waals surface area contributed by atoms with E-state index in [4.69, 9.17) is 23.7 Å². The van der Waals surface area contributed by atoms with Crippen LogP contribution in [0.15, 0.2) is 0 Å². The first-order valence-corrected chi connectivity index (χ1v) is 8.08. The third-order valence-electron chi connectivity index (χ3n) is 2.41. The van der Waals surface area contributed by atoms with E-state index in [1.165, 1.54) is 0 Å². The number of rotatable bonds is 6. The lowest BCUT2D eigenvalue weighted by atomic mass is 10.4. The van der Waals surface area contributed by atoms with Crippen LogP contribution >= 0.6 is 21.6 Å². The van der Waals surface area contributed by atoms with Gasteiger partial charge in [-0.1, -0.05) is 21.6 Å². The topological polar surface area (TPSA) is 46.2 Å². The van der Waals surface area contributed by atoms with Gasteiger partial charge < -0.3 is 23.7 Å². The summed E-state index contributed by atoms with van der Waals surface area (Å²) in [4.78, 5) is 0. The minimum absolute atomic E-state index is 0.0559. The lowest BCUT2D eigenvalue weighted by molar-refractivity contribution is -0.221. The number of methoxy groups -OCH3 is 1. The van der Waals surface area contributed by atoms with Crippen LogP contribution < -0.4 is 0 Å². The van der Waals surface area contributed by atoms with Crippen molar-refractivity contribution in [2.45, 2.75) is 31.9 Å². The predicted octanol–water partition coefficient (Wildman–Crippen LogP) is 1.47. The van der Waals surface area contributed by atoms with Gasteiger partial charge in [0.15, 0.2) is 6.29 Å². The van der Waals surface area contributed by atoms with Crippen LogP contribution in [-0.4, -0.2) is 56.8 Å². The highest BCUT2D eigenvalue weighted by atomic mass is 33.1. The molecule has 0 aromatic carbocycles. The maximum atomic E-state index is 5.54. The molecule has 0 spiro atoms. The van der Waals surface area contributed by atoms with Crippen LogP contribution in [-0.2, 0) is 23.7 Å². The Kier molecular flexibility index (Phi) is 5.88. The van der Waals surface area contributed by atoms with E-state index in [0.717, 1.165) is 11.5 Å². The third kappa shape index (κ3) is 4.59. The molecule has 2 fully saturated rings. The molecule has 7 heteroatoms. The monoisotopic (exact) mass is 282 g/mol. The zero-order chi connectivity index (χ0) is 12.1. The quantitative estimate of drug-likeness (QED) is 0.540. The molecule has 2 rings (SSSR count). The summed E-state index contributed by atoms with van der Waals surface area (Å²) in [7, 11) is 5.13. The zero-order valence-corrected chi connectivity index (χ0v) is 11.6. The van der Waals surface area contributed by atoms with E-state index >= 15 is 0 Å². The van der Waals surface area contributed by atoms with Crippen molar-refractivity contribution in [3.8, 4) is 0 Å². The summed E-state index contributed by atoms with van der Waals surface area (Å²) >= 11 is 0. The molecule has 100 valence electrons. The van der Waals surface area contributed by atoms with Gasteiger partial charge in [-0.3, -0.25) is 0 Å². The van der Waals surface area contributed by atoms with E-state index in [-0.39, 0.29) is 18.5 Å². The van der Waals surface area contributed by atoms with Gasteiger partial charge in [-0.2, -0.15) is 0 Å². The van der Waals surface area contributed by atoms with Crippen LogP contribution in [0.3, 0.4) is 0 Å². The maximum absolute atomic E-state index is 5.54. The van der Waals surface area contributed by atoms with Gasteiger partial charge in [0, 0.05) is 18.6 Å². The Morgan fingerprint density at radius 2 is 1.71 bits per heavy atom. The second-order valence-electron chi connectivity index (χ2n) is 3.84. The molecular weight excluding hydrogens is 264 g/mol.